The number of amides is 1. The van der Waals surface area contributed by atoms with E-state index in [2.05, 4.69) is 0 Å². The van der Waals surface area contributed by atoms with E-state index < -0.39 is 6.04 Å². The van der Waals surface area contributed by atoms with Crippen LogP contribution in [0.3, 0.4) is 0 Å². The summed E-state index contributed by atoms with van der Waals surface area (Å²) in [6.45, 7) is 0.816. The average Bonchev–Trinajstić information content (AvgIpc) is 2.56. The van der Waals surface area contributed by atoms with Crippen molar-refractivity contribution in [1.82, 2.24) is 4.90 Å². The summed E-state index contributed by atoms with van der Waals surface area (Å²) >= 11 is 6.02. The molecule has 5 heteroatoms. The van der Waals surface area contributed by atoms with E-state index in [0.717, 1.165) is 5.56 Å². The Hall–Kier alpha value is -2.04. The van der Waals surface area contributed by atoms with Gasteiger partial charge in [-0.05, 0) is 24.1 Å². The van der Waals surface area contributed by atoms with Crippen LogP contribution in [-0.4, -0.2) is 37.0 Å². The maximum atomic E-state index is 12.3. The Balaban J connectivity index is 1.79. The molecule has 0 heterocycles. The van der Waals surface area contributed by atoms with Gasteiger partial charge in [-0.25, -0.2) is 0 Å². The quantitative estimate of drug-likeness (QED) is 0.848. The Kier molecular flexibility index (Phi) is 6.44. The van der Waals surface area contributed by atoms with E-state index in [1.165, 1.54) is 0 Å². The third-order valence-corrected chi connectivity index (χ3v) is 3.83. The van der Waals surface area contributed by atoms with Crippen LogP contribution in [0.2, 0.25) is 5.02 Å². The van der Waals surface area contributed by atoms with Crippen molar-refractivity contribution in [2.24, 2.45) is 5.73 Å². The highest BCUT2D eigenvalue weighted by Gasteiger charge is 2.18. The topological polar surface area (TPSA) is 55.6 Å². The summed E-state index contributed by atoms with van der Waals surface area (Å²) in [4.78, 5) is 13.9. The molecular weight excluding hydrogens is 312 g/mol. The first kappa shape index (κ1) is 17.3. The molecular formula is C18H21ClN2O2. The van der Waals surface area contributed by atoms with Gasteiger partial charge in [-0.2, -0.15) is 0 Å². The number of hydrogen-bond acceptors (Lipinski definition) is 3. The summed E-state index contributed by atoms with van der Waals surface area (Å²) in [5, 5.41) is 0.558. The van der Waals surface area contributed by atoms with Crippen molar-refractivity contribution >= 4 is 17.5 Å². The molecule has 0 aliphatic carbocycles. The molecule has 0 aliphatic heterocycles. The van der Waals surface area contributed by atoms with Crippen LogP contribution in [0.5, 0.6) is 5.75 Å². The van der Waals surface area contributed by atoms with Crippen molar-refractivity contribution < 1.29 is 9.53 Å². The second-order valence-electron chi connectivity index (χ2n) is 5.33. The van der Waals surface area contributed by atoms with E-state index >= 15 is 0 Å². The summed E-state index contributed by atoms with van der Waals surface area (Å²) in [6.07, 6.45) is 0.523. The van der Waals surface area contributed by atoms with Crippen LogP contribution in [-0.2, 0) is 11.2 Å². The molecule has 2 aromatic carbocycles. The summed E-state index contributed by atoms with van der Waals surface area (Å²) < 4.78 is 5.59. The summed E-state index contributed by atoms with van der Waals surface area (Å²) in [5.41, 5.74) is 7.05. The fourth-order valence-corrected chi connectivity index (χ4v) is 2.39. The van der Waals surface area contributed by atoms with Crippen molar-refractivity contribution in [3.8, 4) is 5.75 Å². The predicted octanol–water partition coefficient (Wildman–Crippen LogP) is 2.75. The molecule has 0 unspecified atom stereocenters. The second-order valence-corrected chi connectivity index (χ2v) is 5.74. The molecule has 0 spiro atoms. The van der Waals surface area contributed by atoms with E-state index in [1.807, 2.05) is 42.5 Å². The van der Waals surface area contributed by atoms with Crippen molar-refractivity contribution in [3.05, 3.63) is 65.2 Å². The van der Waals surface area contributed by atoms with Gasteiger partial charge in [-0.3, -0.25) is 4.79 Å². The van der Waals surface area contributed by atoms with Gasteiger partial charge in [0.15, 0.2) is 0 Å². The minimum atomic E-state index is -0.553. The average molecular weight is 333 g/mol. The molecule has 0 saturated heterocycles. The van der Waals surface area contributed by atoms with Crippen LogP contribution in [0.4, 0.5) is 0 Å². The van der Waals surface area contributed by atoms with Crippen molar-refractivity contribution in [2.75, 3.05) is 20.2 Å². The molecule has 2 rings (SSSR count). The first-order chi connectivity index (χ1) is 11.1. The van der Waals surface area contributed by atoms with Crippen LogP contribution in [0, 0.1) is 0 Å². The molecule has 0 bridgehead atoms. The van der Waals surface area contributed by atoms with Crippen LogP contribution in [0.25, 0.3) is 0 Å². The number of benzene rings is 2. The number of hydrogen-bond donors (Lipinski definition) is 1. The molecule has 4 nitrogen and oxygen atoms in total. The highest BCUT2D eigenvalue weighted by Crippen LogP contribution is 2.22. The lowest BCUT2D eigenvalue weighted by molar-refractivity contribution is -0.131. The monoisotopic (exact) mass is 332 g/mol. The molecule has 122 valence electrons. The van der Waals surface area contributed by atoms with Gasteiger partial charge in [-0.15, -0.1) is 0 Å². The van der Waals surface area contributed by atoms with E-state index in [1.54, 1.807) is 24.1 Å². The number of rotatable bonds is 7. The molecule has 0 aromatic heterocycles. The number of carbonyl (C=O) groups excluding carboxylic acids is 1. The van der Waals surface area contributed by atoms with Gasteiger partial charge in [0.25, 0.3) is 0 Å². The molecule has 1 amide bonds. The number of ether oxygens (including phenoxy) is 1. The molecule has 2 N–H and O–H groups in total. The lowest BCUT2D eigenvalue weighted by Crippen LogP contribution is -2.44. The van der Waals surface area contributed by atoms with Crippen LogP contribution in [0.1, 0.15) is 5.56 Å². The first-order valence-electron chi connectivity index (χ1n) is 7.49. The fraction of sp³-hybridized carbons (Fsp3) is 0.278. The van der Waals surface area contributed by atoms with E-state index in [-0.39, 0.29) is 5.91 Å². The second kappa shape index (κ2) is 8.56. The van der Waals surface area contributed by atoms with E-state index in [9.17, 15) is 4.79 Å². The number of nitrogens with zero attached hydrogens (tertiary/aromatic N) is 1. The highest BCUT2D eigenvalue weighted by atomic mass is 35.5. The summed E-state index contributed by atoms with van der Waals surface area (Å²) in [6, 6.07) is 16.5. The largest absolute Gasteiger partial charge is 0.490 e. The number of carbonyl (C=O) groups is 1. The van der Waals surface area contributed by atoms with Gasteiger partial charge in [0, 0.05) is 7.05 Å². The summed E-state index contributed by atoms with van der Waals surface area (Å²) in [5.74, 6) is 0.514. The minimum Gasteiger partial charge on any atom is -0.490 e. The van der Waals surface area contributed by atoms with Gasteiger partial charge < -0.3 is 15.4 Å². The van der Waals surface area contributed by atoms with Crippen molar-refractivity contribution in [1.29, 1.82) is 0 Å². The highest BCUT2D eigenvalue weighted by molar-refractivity contribution is 6.32. The zero-order valence-electron chi connectivity index (χ0n) is 13.1. The van der Waals surface area contributed by atoms with Crippen LogP contribution in [0.15, 0.2) is 54.6 Å². The molecule has 0 saturated carbocycles. The number of likely N-dealkylation sites (N-methyl/N-ethyl adjacent to an activating group) is 1. The molecule has 1 atom stereocenters. The van der Waals surface area contributed by atoms with Gasteiger partial charge in [-0.1, -0.05) is 54.1 Å². The molecule has 0 aliphatic rings. The normalized spacial score (nSPS) is 11.8. The van der Waals surface area contributed by atoms with Crippen molar-refractivity contribution in [2.45, 2.75) is 12.5 Å². The molecule has 2 aromatic rings. The van der Waals surface area contributed by atoms with Gasteiger partial charge in [0.05, 0.1) is 17.6 Å². The Morgan fingerprint density at radius 2 is 1.83 bits per heavy atom. The predicted molar refractivity (Wildman–Crippen MR) is 92.7 cm³/mol. The van der Waals surface area contributed by atoms with Crippen molar-refractivity contribution in [3.63, 3.8) is 0 Å². The fourth-order valence-electron chi connectivity index (χ4n) is 2.20. The summed E-state index contributed by atoms with van der Waals surface area (Å²) in [7, 11) is 1.73. The third-order valence-electron chi connectivity index (χ3n) is 3.51. The van der Waals surface area contributed by atoms with Gasteiger partial charge >= 0.3 is 0 Å². The van der Waals surface area contributed by atoms with Gasteiger partial charge in [0.2, 0.25) is 5.91 Å². The Morgan fingerprint density at radius 3 is 2.52 bits per heavy atom. The van der Waals surface area contributed by atoms with E-state index in [0.29, 0.717) is 30.3 Å². The first-order valence-corrected chi connectivity index (χ1v) is 7.87. The Bertz CT molecular complexity index is 634. The lowest BCUT2D eigenvalue weighted by Gasteiger charge is -2.21. The molecule has 23 heavy (non-hydrogen) atoms. The number of nitrogens with two attached hydrogens (primary N) is 1. The van der Waals surface area contributed by atoms with Crippen LogP contribution < -0.4 is 10.5 Å². The van der Waals surface area contributed by atoms with Crippen LogP contribution >= 0.6 is 11.6 Å². The number of para-hydroxylation sites is 1. The molecule has 0 fully saturated rings. The Labute approximate surface area is 141 Å². The van der Waals surface area contributed by atoms with Gasteiger partial charge in [0.1, 0.15) is 12.4 Å². The zero-order valence-corrected chi connectivity index (χ0v) is 13.9. The zero-order chi connectivity index (χ0) is 16.7. The standard InChI is InChI=1S/C18H21ClN2O2/c1-21(11-12-23-17-10-6-5-9-15(17)19)18(22)16(20)13-14-7-3-2-4-8-14/h2-10,16H,11-13,20H2,1H3/t16-/m0/s1. The minimum absolute atomic E-state index is 0.100. The maximum absolute atomic E-state index is 12.3. The maximum Gasteiger partial charge on any atom is 0.239 e. The lowest BCUT2D eigenvalue weighted by atomic mass is 10.1. The van der Waals surface area contributed by atoms with E-state index in [4.69, 9.17) is 22.1 Å². The SMILES string of the molecule is CN(CCOc1ccccc1Cl)C(=O)[C@@H](N)Cc1ccccc1. The third kappa shape index (κ3) is 5.27. The Morgan fingerprint density at radius 1 is 1.17 bits per heavy atom. The molecule has 0 radical (unpaired) electrons. The number of halogens is 1. The smallest absolute Gasteiger partial charge is 0.239 e.